The molecule has 14 nitrogen and oxygen atoms in total. The van der Waals surface area contributed by atoms with Crippen molar-refractivity contribution < 1.29 is 32.3 Å². The summed E-state index contributed by atoms with van der Waals surface area (Å²) >= 11 is 0. The minimum Gasteiger partial charge on any atom is -0.497 e. The van der Waals surface area contributed by atoms with Crippen LogP contribution in [0.5, 0.6) is 11.6 Å². The fraction of sp³-hybridized carbons (Fsp3) is 0.429. The van der Waals surface area contributed by atoms with Crippen LogP contribution in [0.1, 0.15) is 45.1 Å². The molecule has 2 aliphatic carbocycles. The predicted octanol–water partition coefficient (Wildman–Crippen LogP) is 2.66. The van der Waals surface area contributed by atoms with Gasteiger partial charge in [0.2, 0.25) is 27.7 Å². The molecule has 6 rings (SSSR count). The molecular formula is C35H39N7O7S. The number of hydrogen-bond donors (Lipinski definition) is 3. The number of nitriles is 1. The largest absolute Gasteiger partial charge is 0.497 e. The molecule has 0 unspecified atom stereocenters. The number of ether oxygens (including phenoxy) is 2. The van der Waals surface area contributed by atoms with Crippen molar-refractivity contribution in [2.24, 2.45) is 11.8 Å². The van der Waals surface area contributed by atoms with E-state index in [1.54, 1.807) is 25.4 Å². The highest BCUT2D eigenvalue weighted by atomic mass is 32.2. The lowest BCUT2D eigenvalue weighted by atomic mass is 10.0. The van der Waals surface area contributed by atoms with Crippen LogP contribution in [0, 0.1) is 23.2 Å². The first-order valence-corrected chi connectivity index (χ1v) is 18.0. The molecule has 3 fully saturated rings. The summed E-state index contributed by atoms with van der Waals surface area (Å²) in [5.41, 5.74) is -1.17. The van der Waals surface area contributed by atoms with Gasteiger partial charge in [-0.3, -0.25) is 19.1 Å². The van der Waals surface area contributed by atoms with E-state index in [0.29, 0.717) is 41.2 Å². The Morgan fingerprint density at radius 1 is 1.14 bits per heavy atom. The zero-order chi connectivity index (χ0) is 35.8. The maximum absolute atomic E-state index is 14.4. The van der Waals surface area contributed by atoms with Gasteiger partial charge in [-0.1, -0.05) is 19.9 Å². The summed E-state index contributed by atoms with van der Waals surface area (Å²) in [6.07, 6.45) is 5.06. The van der Waals surface area contributed by atoms with Crippen LogP contribution in [0.3, 0.4) is 0 Å². The van der Waals surface area contributed by atoms with Gasteiger partial charge in [0.25, 0.3) is 5.91 Å². The van der Waals surface area contributed by atoms with Crippen molar-refractivity contribution in [2.45, 2.75) is 68.5 Å². The van der Waals surface area contributed by atoms with Crippen LogP contribution >= 0.6 is 0 Å². The molecule has 5 atom stereocenters. The van der Waals surface area contributed by atoms with E-state index in [1.807, 2.05) is 32.0 Å². The molecule has 1 saturated heterocycles. The molecule has 1 aliphatic heterocycles. The Balaban J connectivity index is 1.29. The van der Waals surface area contributed by atoms with Gasteiger partial charge in [-0.25, -0.2) is 18.4 Å². The van der Waals surface area contributed by atoms with Gasteiger partial charge in [-0.2, -0.15) is 5.26 Å². The Labute approximate surface area is 290 Å². The number of sulfonamides is 1. The second-order valence-corrected chi connectivity index (χ2v) is 15.2. The molecule has 3 aliphatic rings. The smallest absolute Gasteiger partial charge is 0.259 e. The molecule has 3 N–H and O–H groups in total. The van der Waals surface area contributed by atoms with Crippen LogP contribution in [0.15, 0.2) is 61.4 Å². The number of nitrogens with zero attached hydrogens (tertiary/aromatic N) is 4. The fourth-order valence-corrected chi connectivity index (χ4v) is 7.70. The Bertz CT molecular complexity index is 1990. The van der Waals surface area contributed by atoms with Gasteiger partial charge >= 0.3 is 0 Å². The standard InChI is InChI=1S/C35H39N7O7S/c1-5-23-17-35(23,34(45)41-50(46,47)26-7-8-26)40-31(43)28-16-25(49-32-27-9-6-24(48-4)15-22(27)11-13-38-32)19-42(28)33(44)30(20(2)3)39-29-14-21(18-36)10-12-37-29/h5-6,9-15,20,23,25-26,28,30H,1,7-8,16-17,19H2,2-4H3,(H,37,39)(H,40,43)(H,41,45)/t23-,25-,28+,30+,35-/m1/s1. The Kier molecular flexibility index (Phi) is 9.41. The second-order valence-electron chi connectivity index (χ2n) is 13.3. The lowest BCUT2D eigenvalue weighted by molar-refractivity contribution is -0.140. The Hall–Kier alpha value is -5.23. The molecule has 0 spiro atoms. The van der Waals surface area contributed by atoms with Crippen LogP contribution in [0.25, 0.3) is 10.8 Å². The van der Waals surface area contributed by atoms with Crippen molar-refractivity contribution in [3.05, 3.63) is 67.0 Å². The summed E-state index contributed by atoms with van der Waals surface area (Å²) in [6.45, 7) is 7.47. The topological polar surface area (TPSA) is 193 Å². The summed E-state index contributed by atoms with van der Waals surface area (Å²) in [6, 6.07) is 10.5. The average Bonchev–Trinajstić information content (AvgIpc) is 4.03. The average molecular weight is 702 g/mol. The second kappa shape index (κ2) is 13.6. The quantitative estimate of drug-likeness (QED) is 0.222. The van der Waals surface area contributed by atoms with Crippen LogP contribution in [0.2, 0.25) is 0 Å². The van der Waals surface area contributed by atoms with Crippen molar-refractivity contribution in [3.8, 4) is 17.7 Å². The number of hydrogen-bond acceptors (Lipinski definition) is 11. The number of fused-ring (bicyclic) bond motifs is 1. The molecule has 3 aromatic rings. The minimum absolute atomic E-state index is 0.0157. The molecule has 262 valence electrons. The third kappa shape index (κ3) is 6.93. The molecule has 1 aromatic carbocycles. The SMILES string of the molecule is C=C[C@@H]1C[C@]1(NC(=O)[C@@H]1C[C@@H](Oc2nccc3cc(OC)ccc23)CN1C(=O)[C@@H](Nc1cc(C#N)ccn1)C(C)C)C(=O)NS(=O)(=O)C1CC1. The first-order valence-electron chi connectivity index (χ1n) is 16.4. The van der Waals surface area contributed by atoms with E-state index >= 15 is 0 Å². The Morgan fingerprint density at radius 2 is 1.90 bits per heavy atom. The van der Waals surface area contributed by atoms with Gasteiger partial charge in [0, 0.05) is 30.1 Å². The summed E-state index contributed by atoms with van der Waals surface area (Å²) in [4.78, 5) is 52.1. The van der Waals surface area contributed by atoms with Crippen molar-refractivity contribution in [1.29, 1.82) is 5.26 Å². The normalized spacial score (nSPS) is 23.4. The number of nitrogens with one attached hydrogen (secondary N) is 3. The predicted molar refractivity (Wildman–Crippen MR) is 183 cm³/mol. The van der Waals surface area contributed by atoms with E-state index in [0.717, 1.165) is 5.39 Å². The van der Waals surface area contributed by atoms with Gasteiger partial charge in [0.05, 0.1) is 30.5 Å². The lowest BCUT2D eigenvalue weighted by Crippen LogP contribution is -2.58. The number of amides is 3. The number of likely N-dealkylation sites (tertiary alicyclic amines) is 1. The highest BCUT2D eigenvalue weighted by Crippen LogP contribution is 2.45. The first kappa shape index (κ1) is 34.6. The van der Waals surface area contributed by atoms with Crippen LogP contribution < -0.4 is 24.8 Å². The third-order valence-corrected chi connectivity index (χ3v) is 11.3. The highest BCUT2D eigenvalue weighted by Gasteiger charge is 2.62. The number of aromatic nitrogens is 2. The number of rotatable bonds is 13. The molecule has 3 amide bonds. The third-order valence-electron chi connectivity index (χ3n) is 9.44. The molecule has 0 bridgehead atoms. The van der Waals surface area contributed by atoms with Crippen LogP contribution in [-0.4, -0.2) is 83.6 Å². The fourth-order valence-electron chi connectivity index (χ4n) is 6.33. The van der Waals surface area contributed by atoms with E-state index in [1.165, 1.54) is 23.2 Å². The molecular weight excluding hydrogens is 662 g/mol. The number of benzene rings is 1. The maximum atomic E-state index is 14.4. The van der Waals surface area contributed by atoms with E-state index in [4.69, 9.17) is 9.47 Å². The van der Waals surface area contributed by atoms with Crippen molar-refractivity contribution in [1.82, 2.24) is 24.9 Å². The Morgan fingerprint density at radius 3 is 2.56 bits per heavy atom. The van der Waals surface area contributed by atoms with Crippen molar-refractivity contribution >= 4 is 44.3 Å². The highest BCUT2D eigenvalue weighted by molar-refractivity contribution is 7.91. The van der Waals surface area contributed by atoms with Gasteiger partial charge < -0.3 is 25.0 Å². The van der Waals surface area contributed by atoms with Crippen molar-refractivity contribution in [3.63, 3.8) is 0 Å². The number of pyridine rings is 2. The summed E-state index contributed by atoms with van der Waals surface area (Å²) in [5, 5.41) is 16.2. The first-order chi connectivity index (χ1) is 23.9. The number of carbonyl (C=O) groups excluding carboxylic acids is 3. The molecule has 0 radical (unpaired) electrons. The summed E-state index contributed by atoms with van der Waals surface area (Å²) < 4.78 is 39.2. The van der Waals surface area contributed by atoms with Gasteiger partial charge in [-0.05, 0) is 67.0 Å². The number of anilines is 1. The maximum Gasteiger partial charge on any atom is 0.259 e. The number of methoxy groups -OCH3 is 1. The molecule has 15 heteroatoms. The van der Waals surface area contributed by atoms with Gasteiger partial charge in [0.1, 0.15) is 35.3 Å². The van der Waals surface area contributed by atoms with E-state index in [9.17, 15) is 28.1 Å². The summed E-state index contributed by atoms with van der Waals surface area (Å²) in [7, 11) is -2.31. The monoisotopic (exact) mass is 701 g/mol. The summed E-state index contributed by atoms with van der Waals surface area (Å²) in [5.74, 6) is -1.36. The number of carbonyl (C=O) groups is 3. The zero-order valence-electron chi connectivity index (χ0n) is 28.0. The zero-order valence-corrected chi connectivity index (χ0v) is 28.8. The van der Waals surface area contributed by atoms with E-state index < -0.39 is 62.6 Å². The molecule has 2 aromatic heterocycles. The van der Waals surface area contributed by atoms with Crippen LogP contribution in [-0.2, 0) is 24.4 Å². The minimum atomic E-state index is -3.88. The van der Waals surface area contributed by atoms with Gasteiger partial charge in [0.15, 0.2) is 0 Å². The van der Waals surface area contributed by atoms with Crippen LogP contribution in [0.4, 0.5) is 5.82 Å². The molecule has 3 heterocycles. The molecule has 50 heavy (non-hydrogen) atoms. The van der Waals surface area contributed by atoms with E-state index in [2.05, 4.69) is 38.0 Å². The van der Waals surface area contributed by atoms with E-state index in [-0.39, 0.29) is 25.3 Å². The lowest BCUT2D eigenvalue weighted by Gasteiger charge is -2.31. The molecule has 2 saturated carbocycles. The van der Waals surface area contributed by atoms with Gasteiger partial charge in [-0.15, -0.1) is 6.58 Å². The van der Waals surface area contributed by atoms with Crippen molar-refractivity contribution in [2.75, 3.05) is 19.0 Å².